The number of rotatable bonds is 7. The van der Waals surface area contributed by atoms with E-state index in [1.54, 1.807) is 11.8 Å². The Morgan fingerprint density at radius 2 is 2.35 bits per heavy atom. The molecule has 1 amide bonds. The number of amides is 1. The maximum Gasteiger partial charge on any atom is 0.247 e. The Kier molecular flexibility index (Phi) is 5.61. The summed E-state index contributed by atoms with van der Waals surface area (Å²) in [6.45, 7) is 2.14. The molecule has 0 bridgehead atoms. The van der Waals surface area contributed by atoms with Gasteiger partial charge in [-0.15, -0.1) is 10.2 Å². The van der Waals surface area contributed by atoms with Crippen LogP contribution < -0.4 is 5.32 Å². The number of nitrogens with one attached hydrogen (secondary N) is 1. The second-order valence-electron chi connectivity index (χ2n) is 4.28. The summed E-state index contributed by atoms with van der Waals surface area (Å²) >= 11 is 1.65. The summed E-state index contributed by atoms with van der Waals surface area (Å²) in [6.07, 6.45) is 3.58. The topological polar surface area (TPSA) is 68.0 Å². The first-order chi connectivity index (χ1) is 9.79. The largest absolute Gasteiger partial charge is 0.423 e. The molecule has 106 valence electrons. The third-order valence-electron chi connectivity index (χ3n) is 2.63. The third kappa shape index (κ3) is 4.38. The lowest BCUT2D eigenvalue weighted by Gasteiger charge is -2.06. The van der Waals surface area contributed by atoms with Gasteiger partial charge in [-0.3, -0.25) is 4.79 Å². The molecule has 6 heteroatoms. The number of carbonyl (C=O) groups excluding carboxylic acids is 1. The van der Waals surface area contributed by atoms with Gasteiger partial charge in [0.2, 0.25) is 18.2 Å². The zero-order chi connectivity index (χ0) is 14.2. The molecule has 20 heavy (non-hydrogen) atoms. The quantitative estimate of drug-likeness (QED) is 0.793. The van der Waals surface area contributed by atoms with Crippen LogP contribution in [0, 0.1) is 0 Å². The first-order valence-corrected chi connectivity index (χ1v) is 7.69. The number of aromatic nitrogens is 2. The first-order valence-electron chi connectivity index (χ1n) is 6.54. The average molecular weight is 291 g/mol. The highest BCUT2D eigenvalue weighted by atomic mass is 32.2. The van der Waals surface area contributed by atoms with Crippen LogP contribution in [0.3, 0.4) is 0 Å². The molecule has 1 heterocycles. The highest BCUT2D eigenvalue weighted by Crippen LogP contribution is 2.20. The Bertz CT molecular complexity index is 543. The molecule has 1 aromatic carbocycles. The van der Waals surface area contributed by atoms with Crippen molar-refractivity contribution in [2.24, 2.45) is 0 Å². The summed E-state index contributed by atoms with van der Waals surface area (Å²) in [5.41, 5.74) is 1.53. The van der Waals surface area contributed by atoms with Crippen molar-refractivity contribution in [3.63, 3.8) is 0 Å². The Hall–Kier alpha value is -1.82. The van der Waals surface area contributed by atoms with E-state index in [1.807, 2.05) is 24.3 Å². The summed E-state index contributed by atoms with van der Waals surface area (Å²) in [4.78, 5) is 11.8. The predicted molar refractivity (Wildman–Crippen MR) is 80.6 cm³/mol. The van der Waals surface area contributed by atoms with Crippen molar-refractivity contribution >= 4 is 23.4 Å². The van der Waals surface area contributed by atoms with E-state index in [0.717, 1.165) is 29.8 Å². The van der Waals surface area contributed by atoms with Gasteiger partial charge in [0.15, 0.2) is 0 Å². The van der Waals surface area contributed by atoms with Gasteiger partial charge in [-0.05, 0) is 30.4 Å². The fourth-order valence-electron chi connectivity index (χ4n) is 1.64. The van der Waals surface area contributed by atoms with Crippen molar-refractivity contribution in [1.29, 1.82) is 0 Å². The molecule has 0 aliphatic rings. The molecule has 1 N–H and O–H groups in total. The monoisotopic (exact) mass is 291 g/mol. The Morgan fingerprint density at radius 1 is 1.45 bits per heavy atom. The molecule has 0 atom stereocenters. The molecule has 1 aromatic heterocycles. The minimum atomic E-state index is 0.00813. The van der Waals surface area contributed by atoms with E-state index in [4.69, 9.17) is 4.42 Å². The van der Waals surface area contributed by atoms with Crippen molar-refractivity contribution in [3.8, 4) is 11.5 Å². The molecule has 0 saturated carbocycles. The van der Waals surface area contributed by atoms with E-state index in [9.17, 15) is 4.79 Å². The molecule has 0 spiro atoms. The highest BCUT2D eigenvalue weighted by Gasteiger charge is 2.06. The second-order valence-corrected chi connectivity index (χ2v) is 5.38. The Labute approximate surface area is 122 Å². The minimum Gasteiger partial charge on any atom is -0.423 e. The summed E-state index contributed by atoms with van der Waals surface area (Å²) < 4.78 is 5.13. The van der Waals surface area contributed by atoms with Gasteiger partial charge in [0.05, 0.1) is 5.75 Å². The lowest BCUT2D eigenvalue weighted by Crippen LogP contribution is -2.14. The van der Waals surface area contributed by atoms with Crippen molar-refractivity contribution in [2.75, 3.05) is 16.8 Å². The number of hydrogen-bond donors (Lipinski definition) is 1. The van der Waals surface area contributed by atoms with Crippen molar-refractivity contribution in [3.05, 3.63) is 30.7 Å². The number of anilines is 1. The molecule has 2 aromatic rings. The number of thioether (sulfide) groups is 1. The van der Waals surface area contributed by atoms with Crippen LogP contribution in [-0.2, 0) is 4.79 Å². The zero-order valence-corrected chi connectivity index (χ0v) is 12.2. The van der Waals surface area contributed by atoms with Crippen LogP contribution in [0.5, 0.6) is 0 Å². The maximum absolute atomic E-state index is 11.8. The summed E-state index contributed by atoms with van der Waals surface area (Å²) in [5.74, 6) is 1.95. The number of unbranched alkanes of at least 4 members (excludes halogenated alkanes) is 1. The van der Waals surface area contributed by atoms with Crippen LogP contribution in [0.4, 0.5) is 5.69 Å². The fourth-order valence-corrected chi connectivity index (χ4v) is 2.53. The Morgan fingerprint density at radius 3 is 3.10 bits per heavy atom. The maximum atomic E-state index is 11.8. The number of benzene rings is 1. The number of nitrogens with zero attached hydrogens (tertiary/aromatic N) is 2. The fraction of sp³-hybridized carbons (Fsp3) is 0.357. The van der Waals surface area contributed by atoms with E-state index in [-0.39, 0.29) is 5.91 Å². The summed E-state index contributed by atoms with van der Waals surface area (Å²) in [7, 11) is 0. The van der Waals surface area contributed by atoms with E-state index >= 15 is 0 Å². The van der Waals surface area contributed by atoms with Crippen molar-refractivity contribution in [1.82, 2.24) is 10.2 Å². The van der Waals surface area contributed by atoms with Gasteiger partial charge in [0, 0.05) is 11.3 Å². The average Bonchev–Trinajstić information content (AvgIpc) is 2.98. The van der Waals surface area contributed by atoms with E-state index in [2.05, 4.69) is 22.4 Å². The van der Waals surface area contributed by atoms with Crippen molar-refractivity contribution < 1.29 is 9.21 Å². The smallest absolute Gasteiger partial charge is 0.247 e. The van der Waals surface area contributed by atoms with Gasteiger partial charge in [-0.25, -0.2) is 0 Å². The van der Waals surface area contributed by atoms with Crippen LogP contribution in [0.15, 0.2) is 35.1 Å². The molecule has 5 nitrogen and oxygen atoms in total. The van der Waals surface area contributed by atoms with Crippen LogP contribution in [-0.4, -0.2) is 27.6 Å². The molecular formula is C14H17N3O2S. The zero-order valence-electron chi connectivity index (χ0n) is 11.3. The van der Waals surface area contributed by atoms with Gasteiger partial charge in [-0.1, -0.05) is 19.4 Å². The normalized spacial score (nSPS) is 10.4. The lowest BCUT2D eigenvalue weighted by atomic mass is 10.2. The van der Waals surface area contributed by atoms with Crippen LogP contribution >= 0.6 is 11.8 Å². The van der Waals surface area contributed by atoms with Crippen LogP contribution in [0.1, 0.15) is 19.8 Å². The molecule has 0 aliphatic heterocycles. The van der Waals surface area contributed by atoms with Gasteiger partial charge < -0.3 is 9.73 Å². The SMILES string of the molecule is CCCCSCC(=O)Nc1cccc(-c2nnco2)c1. The van der Waals surface area contributed by atoms with Gasteiger partial charge in [-0.2, -0.15) is 11.8 Å². The second kappa shape index (κ2) is 7.69. The number of hydrogen-bond acceptors (Lipinski definition) is 5. The number of carbonyl (C=O) groups is 1. The van der Waals surface area contributed by atoms with E-state index in [0.29, 0.717) is 11.6 Å². The molecule has 0 aliphatic carbocycles. The van der Waals surface area contributed by atoms with Gasteiger partial charge in [0.25, 0.3) is 0 Å². The summed E-state index contributed by atoms with van der Waals surface area (Å²) in [5, 5.41) is 10.4. The van der Waals surface area contributed by atoms with Gasteiger partial charge in [0.1, 0.15) is 0 Å². The highest BCUT2D eigenvalue weighted by molar-refractivity contribution is 7.99. The molecular weight excluding hydrogens is 274 g/mol. The minimum absolute atomic E-state index is 0.00813. The van der Waals surface area contributed by atoms with Crippen LogP contribution in [0.2, 0.25) is 0 Å². The Balaban J connectivity index is 1.90. The first kappa shape index (κ1) is 14.6. The predicted octanol–water partition coefficient (Wildman–Crippen LogP) is 3.21. The standard InChI is InChI=1S/C14H17N3O2S/c1-2-3-7-20-9-13(18)16-12-6-4-5-11(8-12)14-17-15-10-19-14/h4-6,8,10H,2-3,7,9H2,1H3,(H,16,18). The van der Waals surface area contributed by atoms with E-state index < -0.39 is 0 Å². The molecule has 0 saturated heterocycles. The molecule has 0 radical (unpaired) electrons. The molecule has 0 fully saturated rings. The van der Waals surface area contributed by atoms with Crippen LogP contribution in [0.25, 0.3) is 11.5 Å². The van der Waals surface area contributed by atoms with Gasteiger partial charge >= 0.3 is 0 Å². The molecule has 2 rings (SSSR count). The molecule has 0 unspecified atom stereocenters. The summed E-state index contributed by atoms with van der Waals surface area (Å²) in [6, 6.07) is 7.37. The van der Waals surface area contributed by atoms with E-state index in [1.165, 1.54) is 6.39 Å². The lowest BCUT2D eigenvalue weighted by molar-refractivity contribution is -0.113. The third-order valence-corrected chi connectivity index (χ3v) is 3.67. The van der Waals surface area contributed by atoms with Crippen molar-refractivity contribution in [2.45, 2.75) is 19.8 Å².